The molecule has 3 atom stereocenters. The third-order valence-electron chi connectivity index (χ3n) is 1.82. The zero-order chi connectivity index (χ0) is 7.56. The minimum atomic E-state index is -0.0845. The van der Waals surface area contributed by atoms with Gasteiger partial charge >= 0.3 is 0 Å². The number of hydrogen-bond donors (Lipinski definition) is 2. The molecule has 0 radical (unpaired) electrons. The van der Waals surface area contributed by atoms with Gasteiger partial charge in [0.25, 0.3) is 0 Å². The lowest BCUT2D eigenvalue weighted by Gasteiger charge is -2.32. The third kappa shape index (κ3) is 1.46. The highest BCUT2D eigenvalue weighted by Crippen LogP contribution is 2.06. The topological polar surface area (TPSA) is 70.5 Å². The van der Waals surface area contributed by atoms with Crippen molar-refractivity contribution >= 4 is 0 Å². The van der Waals surface area contributed by atoms with Crippen LogP contribution in [-0.4, -0.2) is 38.5 Å². The van der Waals surface area contributed by atoms with Crippen LogP contribution < -0.4 is 11.5 Å². The first-order valence-corrected chi connectivity index (χ1v) is 3.37. The van der Waals surface area contributed by atoms with Crippen molar-refractivity contribution in [2.75, 3.05) is 20.3 Å². The molecule has 1 fully saturated rings. The summed E-state index contributed by atoms with van der Waals surface area (Å²) in [5.74, 6) is 0. The van der Waals surface area contributed by atoms with Gasteiger partial charge in [0.05, 0.1) is 25.4 Å². The van der Waals surface area contributed by atoms with E-state index in [-0.39, 0.29) is 18.2 Å². The van der Waals surface area contributed by atoms with Crippen LogP contribution in [0.25, 0.3) is 0 Å². The number of hydrogen-bond acceptors (Lipinski definition) is 4. The summed E-state index contributed by atoms with van der Waals surface area (Å²) < 4.78 is 10.2. The van der Waals surface area contributed by atoms with E-state index in [1.807, 2.05) is 0 Å². The number of nitrogens with two attached hydrogens (primary N) is 2. The number of methoxy groups -OCH3 is 1. The Labute approximate surface area is 60.5 Å². The lowest BCUT2D eigenvalue weighted by atomic mass is 10.0. The van der Waals surface area contributed by atoms with Gasteiger partial charge in [-0.2, -0.15) is 0 Å². The van der Waals surface area contributed by atoms with Gasteiger partial charge in [0.15, 0.2) is 0 Å². The smallest absolute Gasteiger partial charge is 0.0971 e. The van der Waals surface area contributed by atoms with Gasteiger partial charge in [-0.15, -0.1) is 0 Å². The van der Waals surface area contributed by atoms with Crippen LogP contribution in [-0.2, 0) is 9.47 Å². The molecule has 1 saturated heterocycles. The van der Waals surface area contributed by atoms with Crippen LogP contribution in [0, 0.1) is 0 Å². The van der Waals surface area contributed by atoms with E-state index in [9.17, 15) is 0 Å². The van der Waals surface area contributed by atoms with Crippen LogP contribution in [0.4, 0.5) is 0 Å². The molecule has 0 amide bonds. The summed E-state index contributed by atoms with van der Waals surface area (Å²) in [6.45, 7) is 1.10. The highest BCUT2D eigenvalue weighted by atomic mass is 16.5. The molecular formula is C6H14N2O2. The van der Waals surface area contributed by atoms with E-state index in [1.165, 1.54) is 0 Å². The number of rotatable bonds is 1. The first-order valence-electron chi connectivity index (χ1n) is 3.37. The zero-order valence-corrected chi connectivity index (χ0v) is 6.12. The van der Waals surface area contributed by atoms with Gasteiger partial charge in [-0.1, -0.05) is 0 Å². The van der Waals surface area contributed by atoms with Crippen molar-refractivity contribution < 1.29 is 9.47 Å². The van der Waals surface area contributed by atoms with Crippen molar-refractivity contribution in [2.45, 2.75) is 18.2 Å². The molecular weight excluding hydrogens is 132 g/mol. The second kappa shape index (κ2) is 3.30. The Balaban J connectivity index is 2.42. The maximum absolute atomic E-state index is 5.70. The Hall–Kier alpha value is -0.160. The predicted molar refractivity (Wildman–Crippen MR) is 37.6 cm³/mol. The average molecular weight is 146 g/mol. The molecule has 4 N–H and O–H groups in total. The fraction of sp³-hybridized carbons (Fsp3) is 1.00. The van der Waals surface area contributed by atoms with E-state index in [2.05, 4.69) is 0 Å². The summed E-state index contributed by atoms with van der Waals surface area (Å²) in [5, 5.41) is 0. The fourth-order valence-electron chi connectivity index (χ4n) is 1.04. The van der Waals surface area contributed by atoms with Crippen LogP contribution in [0.2, 0.25) is 0 Å². The normalized spacial score (nSPS) is 41.7. The highest BCUT2D eigenvalue weighted by Gasteiger charge is 2.28. The minimum Gasteiger partial charge on any atom is -0.377 e. The van der Waals surface area contributed by atoms with Crippen molar-refractivity contribution in [3.63, 3.8) is 0 Å². The van der Waals surface area contributed by atoms with Crippen molar-refractivity contribution in [2.24, 2.45) is 11.5 Å². The molecule has 60 valence electrons. The van der Waals surface area contributed by atoms with Gasteiger partial charge < -0.3 is 20.9 Å². The monoisotopic (exact) mass is 146 g/mol. The molecule has 1 rings (SSSR count). The fourth-order valence-corrected chi connectivity index (χ4v) is 1.04. The molecule has 0 saturated carbocycles. The Morgan fingerprint density at radius 3 is 2.60 bits per heavy atom. The van der Waals surface area contributed by atoms with Crippen molar-refractivity contribution in [3.8, 4) is 0 Å². The van der Waals surface area contributed by atoms with Crippen LogP contribution in [0.1, 0.15) is 0 Å². The molecule has 0 aliphatic carbocycles. The van der Waals surface area contributed by atoms with Gasteiger partial charge in [-0.25, -0.2) is 0 Å². The Morgan fingerprint density at radius 1 is 1.40 bits per heavy atom. The van der Waals surface area contributed by atoms with Crippen molar-refractivity contribution in [3.05, 3.63) is 0 Å². The van der Waals surface area contributed by atoms with E-state index in [4.69, 9.17) is 20.9 Å². The van der Waals surface area contributed by atoms with Gasteiger partial charge in [-0.05, 0) is 0 Å². The van der Waals surface area contributed by atoms with E-state index in [0.29, 0.717) is 13.2 Å². The van der Waals surface area contributed by atoms with Crippen LogP contribution >= 0.6 is 0 Å². The standard InChI is InChI=1S/C6H14N2O2/c1-9-5-3-10-2-4(7)6(5)8/h4-6H,2-3,7-8H2,1H3. The molecule has 4 heteroatoms. The maximum Gasteiger partial charge on any atom is 0.0971 e. The Kier molecular flexibility index (Phi) is 2.62. The summed E-state index contributed by atoms with van der Waals surface area (Å²) in [7, 11) is 1.62. The average Bonchev–Trinajstić information content (AvgIpc) is 1.95. The molecule has 4 nitrogen and oxygen atoms in total. The lowest BCUT2D eigenvalue weighted by Crippen LogP contribution is -2.57. The summed E-state index contributed by atoms with van der Waals surface area (Å²) >= 11 is 0. The molecule has 0 aromatic heterocycles. The second-order valence-electron chi connectivity index (χ2n) is 2.55. The lowest BCUT2D eigenvalue weighted by molar-refractivity contribution is -0.0502. The molecule has 0 spiro atoms. The van der Waals surface area contributed by atoms with Gasteiger partial charge in [0.1, 0.15) is 0 Å². The zero-order valence-electron chi connectivity index (χ0n) is 6.12. The summed E-state index contributed by atoms with van der Waals surface area (Å²) in [6.07, 6.45) is -0.0382. The van der Waals surface area contributed by atoms with Gasteiger partial charge in [0, 0.05) is 13.2 Å². The van der Waals surface area contributed by atoms with Crippen LogP contribution in [0.5, 0.6) is 0 Å². The van der Waals surface area contributed by atoms with E-state index in [0.717, 1.165) is 0 Å². The van der Waals surface area contributed by atoms with Crippen molar-refractivity contribution in [1.29, 1.82) is 0 Å². The van der Waals surface area contributed by atoms with Crippen LogP contribution in [0.15, 0.2) is 0 Å². The van der Waals surface area contributed by atoms with E-state index < -0.39 is 0 Å². The Bertz CT molecular complexity index is 110. The molecule has 0 aromatic carbocycles. The summed E-state index contributed by atoms with van der Waals surface area (Å²) in [4.78, 5) is 0. The first-order chi connectivity index (χ1) is 4.75. The molecule has 10 heavy (non-hydrogen) atoms. The molecule has 1 heterocycles. The molecule has 1 aliphatic heterocycles. The summed E-state index contributed by atoms with van der Waals surface area (Å²) in [6, 6.07) is -0.169. The summed E-state index contributed by atoms with van der Waals surface area (Å²) in [5.41, 5.74) is 11.3. The minimum absolute atomic E-state index is 0.0382. The quantitative estimate of drug-likeness (QED) is 0.481. The van der Waals surface area contributed by atoms with E-state index >= 15 is 0 Å². The molecule has 0 bridgehead atoms. The van der Waals surface area contributed by atoms with Gasteiger partial charge in [0.2, 0.25) is 0 Å². The molecule has 1 aliphatic rings. The van der Waals surface area contributed by atoms with Crippen molar-refractivity contribution in [1.82, 2.24) is 0 Å². The predicted octanol–water partition coefficient (Wildman–Crippen LogP) is -1.31. The molecule has 0 aromatic rings. The van der Waals surface area contributed by atoms with Crippen LogP contribution in [0.3, 0.4) is 0 Å². The highest BCUT2D eigenvalue weighted by molar-refractivity contribution is 4.86. The maximum atomic E-state index is 5.70. The van der Waals surface area contributed by atoms with Gasteiger partial charge in [-0.3, -0.25) is 0 Å². The first kappa shape index (κ1) is 7.94. The van der Waals surface area contributed by atoms with E-state index in [1.54, 1.807) is 7.11 Å². The largest absolute Gasteiger partial charge is 0.377 e. The SMILES string of the molecule is COC1COCC(N)C1N. The third-order valence-corrected chi connectivity index (χ3v) is 1.82. The Morgan fingerprint density at radius 2 is 2.10 bits per heavy atom. The molecule has 3 unspecified atom stereocenters. The second-order valence-corrected chi connectivity index (χ2v) is 2.55. The number of ether oxygens (including phenoxy) is 2.